The van der Waals surface area contributed by atoms with Crippen molar-refractivity contribution >= 4 is 22.7 Å². The molecule has 8 heteroatoms. The van der Waals surface area contributed by atoms with Crippen molar-refractivity contribution in [2.75, 3.05) is 7.11 Å². The van der Waals surface area contributed by atoms with Gasteiger partial charge in [0.15, 0.2) is 11.0 Å². The molecule has 7 nitrogen and oxygen atoms in total. The Bertz CT molecular complexity index is 1450. The van der Waals surface area contributed by atoms with E-state index >= 15 is 0 Å². The number of hydrogen-bond donors (Lipinski definition) is 0. The maximum atomic E-state index is 13.4. The van der Waals surface area contributed by atoms with Crippen molar-refractivity contribution in [1.29, 1.82) is 0 Å². The van der Waals surface area contributed by atoms with E-state index in [4.69, 9.17) is 14.2 Å². The van der Waals surface area contributed by atoms with E-state index in [9.17, 15) is 4.79 Å². The van der Waals surface area contributed by atoms with Crippen LogP contribution in [0, 0.1) is 0 Å². The summed E-state index contributed by atoms with van der Waals surface area (Å²) in [5, 5.41) is 5.16. The molecule has 0 saturated heterocycles. The number of ether oxygens (including phenoxy) is 1. The highest BCUT2D eigenvalue weighted by Gasteiger charge is 2.16. The predicted octanol–water partition coefficient (Wildman–Crippen LogP) is 4.74. The summed E-state index contributed by atoms with van der Waals surface area (Å²) in [4.78, 5) is 22.6. The Morgan fingerprint density at radius 1 is 0.969 bits per heavy atom. The van der Waals surface area contributed by atoms with Crippen LogP contribution in [0.25, 0.3) is 28.0 Å². The molecule has 0 atom stereocenters. The van der Waals surface area contributed by atoms with E-state index in [1.54, 1.807) is 17.7 Å². The normalized spacial score (nSPS) is 11.0. The van der Waals surface area contributed by atoms with Gasteiger partial charge in [-0.05, 0) is 36.4 Å². The summed E-state index contributed by atoms with van der Waals surface area (Å²) >= 11 is 1.37. The molecule has 0 unspecified atom stereocenters. The van der Waals surface area contributed by atoms with Crippen LogP contribution in [0.5, 0.6) is 5.75 Å². The Morgan fingerprint density at radius 2 is 1.78 bits per heavy atom. The minimum absolute atomic E-state index is 0.149. The zero-order valence-electron chi connectivity index (χ0n) is 17.1. The zero-order valence-corrected chi connectivity index (χ0v) is 18.0. The first-order chi connectivity index (χ1) is 15.7. The lowest BCUT2D eigenvalue weighted by Gasteiger charge is -2.13. The fourth-order valence-electron chi connectivity index (χ4n) is 3.33. The predicted molar refractivity (Wildman–Crippen MR) is 123 cm³/mol. The molecule has 0 fully saturated rings. The molecule has 0 aliphatic heterocycles. The van der Waals surface area contributed by atoms with Gasteiger partial charge in [0.1, 0.15) is 5.75 Å². The Hall–Kier alpha value is -3.91. The number of hydrogen-bond acceptors (Lipinski definition) is 7. The maximum Gasteiger partial charge on any atom is 0.266 e. The van der Waals surface area contributed by atoms with Crippen LogP contribution in [0.3, 0.4) is 0 Å². The summed E-state index contributed by atoms with van der Waals surface area (Å²) in [6.45, 7) is 0. The van der Waals surface area contributed by atoms with Crippen LogP contribution >= 0.6 is 11.8 Å². The summed E-state index contributed by atoms with van der Waals surface area (Å²) in [7, 11) is 1.59. The average molecular weight is 443 g/mol. The molecule has 0 aliphatic rings. The number of para-hydroxylation sites is 1. The van der Waals surface area contributed by atoms with Gasteiger partial charge in [-0.15, -0.1) is 0 Å². The van der Waals surface area contributed by atoms with Gasteiger partial charge in [0.05, 0.1) is 29.5 Å². The Labute approximate surface area is 187 Å². The molecular formula is C24H18N4O3S. The van der Waals surface area contributed by atoms with E-state index in [0.29, 0.717) is 45.0 Å². The van der Waals surface area contributed by atoms with Gasteiger partial charge in [-0.1, -0.05) is 53.3 Å². The highest BCUT2D eigenvalue weighted by molar-refractivity contribution is 7.98. The van der Waals surface area contributed by atoms with Gasteiger partial charge in [0.25, 0.3) is 11.4 Å². The summed E-state index contributed by atoms with van der Waals surface area (Å²) in [5.41, 5.74) is 2.02. The molecular weight excluding hydrogens is 424 g/mol. The largest absolute Gasteiger partial charge is 0.497 e. The van der Waals surface area contributed by atoms with Gasteiger partial charge >= 0.3 is 0 Å². The number of aromatic nitrogens is 4. The Morgan fingerprint density at radius 3 is 2.62 bits per heavy atom. The van der Waals surface area contributed by atoms with E-state index in [-0.39, 0.29) is 5.56 Å². The van der Waals surface area contributed by atoms with E-state index in [0.717, 1.165) is 5.56 Å². The van der Waals surface area contributed by atoms with Gasteiger partial charge < -0.3 is 9.26 Å². The molecule has 0 radical (unpaired) electrons. The first-order valence-corrected chi connectivity index (χ1v) is 10.9. The quantitative estimate of drug-likeness (QED) is 0.277. The Balaban J connectivity index is 1.53. The molecule has 3 aromatic carbocycles. The van der Waals surface area contributed by atoms with Crippen LogP contribution < -0.4 is 10.3 Å². The Kier molecular flexibility index (Phi) is 5.43. The molecule has 0 spiro atoms. The summed E-state index contributed by atoms with van der Waals surface area (Å²) < 4.78 is 12.3. The molecule has 32 heavy (non-hydrogen) atoms. The number of fused-ring (bicyclic) bond motifs is 1. The van der Waals surface area contributed by atoms with Crippen LogP contribution in [0.15, 0.2) is 93.3 Å². The third kappa shape index (κ3) is 3.88. The van der Waals surface area contributed by atoms with Gasteiger partial charge in [0, 0.05) is 11.6 Å². The minimum atomic E-state index is -0.149. The van der Waals surface area contributed by atoms with Crippen LogP contribution in [-0.2, 0) is 5.75 Å². The van der Waals surface area contributed by atoms with Crippen molar-refractivity contribution in [2.45, 2.75) is 10.9 Å². The fourth-order valence-corrected chi connectivity index (χ4v) is 4.18. The summed E-state index contributed by atoms with van der Waals surface area (Å²) in [6.07, 6.45) is 0. The van der Waals surface area contributed by atoms with E-state index < -0.39 is 0 Å². The molecule has 2 heterocycles. The second kappa shape index (κ2) is 8.68. The lowest BCUT2D eigenvalue weighted by molar-refractivity contribution is 0.414. The number of thioether (sulfide) groups is 1. The van der Waals surface area contributed by atoms with Crippen molar-refractivity contribution in [3.63, 3.8) is 0 Å². The van der Waals surface area contributed by atoms with Crippen molar-refractivity contribution in [2.24, 2.45) is 0 Å². The molecule has 5 rings (SSSR count). The van der Waals surface area contributed by atoms with E-state index in [2.05, 4.69) is 10.1 Å². The standard InChI is InChI=1S/C24H18N4O3S/c1-30-18-11-7-10-17(14-18)28-23(29)19-12-5-6-13-20(19)25-24(28)32-15-21-26-22(31-27-21)16-8-3-2-4-9-16/h2-14H,15H2,1H3. The van der Waals surface area contributed by atoms with Gasteiger partial charge in [0.2, 0.25) is 0 Å². The van der Waals surface area contributed by atoms with Gasteiger partial charge in [-0.3, -0.25) is 9.36 Å². The molecule has 5 aromatic rings. The van der Waals surface area contributed by atoms with Crippen molar-refractivity contribution in [3.05, 3.63) is 95.0 Å². The van der Waals surface area contributed by atoms with Gasteiger partial charge in [-0.2, -0.15) is 4.98 Å². The zero-order chi connectivity index (χ0) is 21.9. The lowest BCUT2D eigenvalue weighted by Crippen LogP contribution is -2.21. The summed E-state index contributed by atoms with van der Waals surface area (Å²) in [6, 6.07) is 24.2. The van der Waals surface area contributed by atoms with E-state index in [1.807, 2.05) is 72.8 Å². The second-order valence-corrected chi connectivity index (χ2v) is 7.87. The molecule has 0 bridgehead atoms. The maximum absolute atomic E-state index is 13.4. The molecule has 0 amide bonds. The van der Waals surface area contributed by atoms with Gasteiger partial charge in [-0.25, -0.2) is 4.98 Å². The third-order valence-corrected chi connectivity index (χ3v) is 5.81. The minimum Gasteiger partial charge on any atom is -0.497 e. The van der Waals surface area contributed by atoms with Crippen LogP contribution in [-0.4, -0.2) is 26.8 Å². The monoisotopic (exact) mass is 442 g/mol. The lowest BCUT2D eigenvalue weighted by atomic mass is 10.2. The molecule has 158 valence electrons. The second-order valence-electron chi connectivity index (χ2n) is 6.92. The molecule has 0 N–H and O–H groups in total. The highest BCUT2D eigenvalue weighted by Crippen LogP contribution is 2.26. The first kappa shape index (κ1) is 20.0. The number of nitrogens with zero attached hydrogens (tertiary/aromatic N) is 4. The van der Waals surface area contributed by atoms with Crippen LogP contribution in [0.2, 0.25) is 0 Å². The van der Waals surface area contributed by atoms with Crippen LogP contribution in [0.4, 0.5) is 0 Å². The van der Waals surface area contributed by atoms with Crippen molar-refractivity contribution < 1.29 is 9.26 Å². The third-order valence-electron chi connectivity index (χ3n) is 4.88. The first-order valence-electron chi connectivity index (χ1n) is 9.90. The SMILES string of the molecule is COc1cccc(-n2c(SCc3noc(-c4ccccc4)n3)nc3ccccc3c2=O)c1. The number of benzene rings is 3. The molecule has 0 saturated carbocycles. The topological polar surface area (TPSA) is 83.0 Å². The van der Waals surface area contributed by atoms with Crippen molar-refractivity contribution in [3.8, 4) is 22.9 Å². The highest BCUT2D eigenvalue weighted by atomic mass is 32.2. The van der Waals surface area contributed by atoms with Crippen LogP contribution in [0.1, 0.15) is 5.82 Å². The summed E-state index contributed by atoms with van der Waals surface area (Å²) in [5.74, 6) is 2.03. The van der Waals surface area contributed by atoms with E-state index in [1.165, 1.54) is 11.8 Å². The average Bonchev–Trinajstić information content (AvgIpc) is 3.32. The number of rotatable bonds is 6. The smallest absolute Gasteiger partial charge is 0.266 e. The fraction of sp³-hybridized carbons (Fsp3) is 0.0833. The van der Waals surface area contributed by atoms with Crippen molar-refractivity contribution in [1.82, 2.24) is 19.7 Å². The number of methoxy groups -OCH3 is 1. The molecule has 0 aliphatic carbocycles. The molecule has 2 aromatic heterocycles.